The second-order valence-corrected chi connectivity index (χ2v) is 4.42. The minimum absolute atomic E-state index is 0.306. The molecule has 0 heterocycles. The number of hydrogen-bond donors (Lipinski definition) is 3. The van der Waals surface area contributed by atoms with E-state index in [1.807, 2.05) is 12.1 Å². The average molecular weight is 221 g/mol. The van der Waals surface area contributed by atoms with Gasteiger partial charge in [0.15, 0.2) is 0 Å². The third kappa shape index (κ3) is 2.06. The van der Waals surface area contributed by atoms with Gasteiger partial charge in [0.25, 0.3) is 0 Å². The first-order chi connectivity index (χ1) is 7.74. The third-order valence-electron chi connectivity index (χ3n) is 3.29. The number of phenols is 1. The Balaban J connectivity index is 2.33. The summed E-state index contributed by atoms with van der Waals surface area (Å²) in [6, 6.07) is 3.89. The van der Waals surface area contributed by atoms with Gasteiger partial charge < -0.3 is 15.5 Å². The minimum Gasteiger partial charge on any atom is -0.507 e. The first-order valence-electron chi connectivity index (χ1n) is 5.90. The number of benzene rings is 1. The molecule has 1 aliphatic rings. The van der Waals surface area contributed by atoms with Crippen LogP contribution in [0.1, 0.15) is 35.6 Å². The fraction of sp³-hybridized carbons (Fsp3) is 0.538. The van der Waals surface area contributed by atoms with Crippen LogP contribution in [-0.4, -0.2) is 23.8 Å². The number of aromatic hydroxyl groups is 1. The molecule has 3 nitrogen and oxygen atoms in total. The van der Waals surface area contributed by atoms with Crippen LogP contribution in [0.25, 0.3) is 0 Å². The fourth-order valence-corrected chi connectivity index (χ4v) is 2.40. The Morgan fingerprint density at radius 2 is 2.06 bits per heavy atom. The molecule has 16 heavy (non-hydrogen) atoms. The predicted molar refractivity (Wildman–Crippen MR) is 63.6 cm³/mol. The molecule has 2 rings (SSSR count). The van der Waals surface area contributed by atoms with Gasteiger partial charge in [-0.05, 0) is 43.9 Å². The molecule has 0 bridgehead atoms. The normalized spacial score (nSPS) is 16.9. The first-order valence-corrected chi connectivity index (χ1v) is 5.90. The highest BCUT2D eigenvalue weighted by molar-refractivity contribution is 5.47. The molecule has 1 aliphatic carbocycles. The highest BCUT2D eigenvalue weighted by atomic mass is 16.3. The lowest BCUT2D eigenvalue weighted by Crippen LogP contribution is -2.17. The number of rotatable bonds is 3. The first kappa shape index (κ1) is 11.4. The van der Waals surface area contributed by atoms with Gasteiger partial charge in [-0.1, -0.05) is 12.1 Å². The summed E-state index contributed by atoms with van der Waals surface area (Å²) >= 11 is 0. The van der Waals surface area contributed by atoms with Gasteiger partial charge in [-0.2, -0.15) is 0 Å². The molecule has 1 aromatic carbocycles. The number of phenolic OH excluding ortho intramolecular Hbond substituents is 1. The molecule has 0 saturated carbocycles. The van der Waals surface area contributed by atoms with E-state index >= 15 is 0 Å². The highest BCUT2D eigenvalue weighted by Gasteiger charge is 2.19. The van der Waals surface area contributed by atoms with E-state index in [-0.39, 0.29) is 0 Å². The van der Waals surface area contributed by atoms with Crippen LogP contribution in [0.3, 0.4) is 0 Å². The molecule has 0 aliphatic heterocycles. The smallest absolute Gasteiger partial charge is 0.124 e. The van der Waals surface area contributed by atoms with Crippen LogP contribution in [0.5, 0.6) is 5.75 Å². The topological polar surface area (TPSA) is 52.5 Å². The molecule has 0 fully saturated rings. The maximum Gasteiger partial charge on any atom is 0.124 e. The summed E-state index contributed by atoms with van der Waals surface area (Å²) in [7, 11) is 1.79. The summed E-state index contributed by atoms with van der Waals surface area (Å²) < 4.78 is 0. The van der Waals surface area contributed by atoms with E-state index in [1.165, 1.54) is 12.0 Å². The Morgan fingerprint density at radius 3 is 2.81 bits per heavy atom. The van der Waals surface area contributed by atoms with Crippen LogP contribution in [0.15, 0.2) is 12.1 Å². The lowest BCUT2D eigenvalue weighted by Gasteiger charge is -2.21. The maximum atomic E-state index is 10.1. The Kier molecular flexibility index (Phi) is 3.46. The van der Waals surface area contributed by atoms with Gasteiger partial charge in [-0.25, -0.2) is 0 Å². The molecular weight excluding hydrogens is 202 g/mol. The second-order valence-electron chi connectivity index (χ2n) is 4.42. The number of hydrogen-bond acceptors (Lipinski definition) is 3. The van der Waals surface area contributed by atoms with Crippen LogP contribution < -0.4 is 5.32 Å². The number of aliphatic hydroxyl groups is 1. The lowest BCUT2D eigenvalue weighted by molar-refractivity contribution is 0.173. The van der Waals surface area contributed by atoms with Gasteiger partial charge in [-0.15, -0.1) is 0 Å². The van der Waals surface area contributed by atoms with Gasteiger partial charge in [0.05, 0.1) is 6.10 Å². The molecule has 0 saturated heterocycles. The molecular formula is C13H19NO2. The van der Waals surface area contributed by atoms with E-state index in [4.69, 9.17) is 0 Å². The second kappa shape index (κ2) is 4.85. The molecule has 1 unspecified atom stereocenters. The van der Waals surface area contributed by atoms with Gasteiger partial charge in [0, 0.05) is 12.1 Å². The monoisotopic (exact) mass is 221 g/mol. The number of aryl methyl sites for hydroxylation is 1. The quantitative estimate of drug-likeness (QED) is 0.725. The van der Waals surface area contributed by atoms with E-state index in [1.54, 1.807) is 7.05 Å². The molecule has 0 radical (unpaired) electrons. The van der Waals surface area contributed by atoms with Crippen molar-refractivity contribution >= 4 is 0 Å². The Morgan fingerprint density at radius 1 is 1.31 bits per heavy atom. The van der Waals surface area contributed by atoms with Gasteiger partial charge >= 0.3 is 0 Å². The summed E-state index contributed by atoms with van der Waals surface area (Å²) in [5.74, 6) is 0.306. The average Bonchev–Trinajstić information content (AvgIpc) is 2.30. The van der Waals surface area contributed by atoms with Crippen LogP contribution in [0.2, 0.25) is 0 Å². The SMILES string of the molecule is CNCC(O)c1ccc2c(c1O)CCCC2. The number of nitrogens with one attached hydrogen (secondary N) is 1. The molecule has 3 heteroatoms. The van der Waals surface area contributed by atoms with Crippen molar-refractivity contribution in [1.82, 2.24) is 5.32 Å². The number of likely N-dealkylation sites (N-methyl/N-ethyl adjacent to an activating group) is 1. The maximum absolute atomic E-state index is 10.1. The Hall–Kier alpha value is -1.06. The van der Waals surface area contributed by atoms with Crippen molar-refractivity contribution in [3.63, 3.8) is 0 Å². The van der Waals surface area contributed by atoms with Crippen LogP contribution in [0.4, 0.5) is 0 Å². The van der Waals surface area contributed by atoms with Crippen LogP contribution in [-0.2, 0) is 12.8 Å². The standard InChI is InChI=1S/C13H19NO2/c1-14-8-12(15)11-7-6-9-4-2-3-5-10(9)13(11)16/h6-7,12,14-16H,2-5,8H2,1H3. The van der Waals surface area contributed by atoms with Crippen molar-refractivity contribution < 1.29 is 10.2 Å². The predicted octanol–water partition coefficient (Wildman–Crippen LogP) is 1.52. The molecule has 88 valence electrons. The molecule has 0 spiro atoms. The number of fused-ring (bicyclic) bond motifs is 1. The fourth-order valence-electron chi connectivity index (χ4n) is 2.40. The van der Waals surface area contributed by atoms with Crippen LogP contribution >= 0.6 is 0 Å². The summed E-state index contributed by atoms with van der Waals surface area (Å²) in [4.78, 5) is 0. The summed E-state index contributed by atoms with van der Waals surface area (Å²) in [5.41, 5.74) is 2.93. The van der Waals surface area contributed by atoms with Crippen molar-refractivity contribution in [3.8, 4) is 5.75 Å². The zero-order valence-electron chi connectivity index (χ0n) is 9.66. The summed E-state index contributed by atoms with van der Waals surface area (Å²) in [5, 5.41) is 22.9. The molecule has 1 aromatic rings. The molecule has 1 atom stereocenters. The van der Waals surface area contributed by atoms with E-state index in [0.29, 0.717) is 17.9 Å². The molecule has 3 N–H and O–H groups in total. The van der Waals surface area contributed by atoms with Crippen molar-refractivity contribution in [1.29, 1.82) is 0 Å². The van der Waals surface area contributed by atoms with E-state index in [2.05, 4.69) is 5.32 Å². The lowest BCUT2D eigenvalue weighted by atomic mass is 9.88. The van der Waals surface area contributed by atoms with E-state index in [9.17, 15) is 10.2 Å². The Labute approximate surface area is 96.1 Å². The molecule has 0 aromatic heterocycles. The largest absolute Gasteiger partial charge is 0.507 e. The zero-order chi connectivity index (χ0) is 11.5. The van der Waals surface area contributed by atoms with E-state index < -0.39 is 6.10 Å². The van der Waals surface area contributed by atoms with Gasteiger partial charge in [0.1, 0.15) is 5.75 Å². The summed E-state index contributed by atoms with van der Waals surface area (Å²) in [6.45, 7) is 0.465. The third-order valence-corrected chi connectivity index (χ3v) is 3.29. The summed E-state index contributed by atoms with van der Waals surface area (Å²) in [6.07, 6.45) is 3.68. The van der Waals surface area contributed by atoms with Gasteiger partial charge in [0.2, 0.25) is 0 Å². The van der Waals surface area contributed by atoms with Crippen molar-refractivity contribution in [2.24, 2.45) is 0 Å². The van der Waals surface area contributed by atoms with Crippen molar-refractivity contribution in [2.75, 3.05) is 13.6 Å². The van der Waals surface area contributed by atoms with Gasteiger partial charge in [-0.3, -0.25) is 0 Å². The van der Waals surface area contributed by atoms with Crippen molar-refractivity contribution in [3.05, 3.63) is 28.8 Å². The van der Waals surface area contributed by atoms with Crippen LogP contribution in [0, 0.1) is 0 Å². The molecule has 0 amide bonds. The number of aliphatic hydroxyl groups excluding tert-OH is 1. The Bertz CT molecular complexity index is 376. The van der Waals surface area contributed by atoms with Crippen molar-refractivity contribution in [2.45, 2.75) is 31.8 Å². The highest BCUT2D eigenvalue weighted by Crippen LogP contribution is 2.34. The zero-order valence-corrected chi connectivity index (χ0v) is 9.66. The van der Waals surface area contributed by atoms with E-state index in [0.717, 1.165) is 24.8 Å². The minimum atomic E-state index is -0.628.